The lowest BCUT2D eigenvalue weighted by Crippen LogP contribution is -2.41. The molecule has 1 aliphatic heterocycles. The molecule has 0 unspecified atom stereocenters. The number of benzene rings is 1. The van der Waals surface area contributed by atoms with Gasteiger partial charge in [0, 0.05) is 24.0 Å². The van der Waals surface area contributed by atoms with Gasteiger partial charge in [-0.25, -0.2) is 9.97 Å². The van der Waals surface area contributed by atoms with E-state index in [9.17, 15) is 9.59 Å². The summed E-state index contributed by atoms with van der Waals surface area (Å²) in [6.07, 6.45) is 0. The molecule has 12 heteroatoms. The van der Waals surface area contributed by atoms with Crippen molar-refractivity contribution in [2.45, 2.75) is 6.92 Å². The van der Waals surface area contributed by atoms with Gasteiger partial charge < -0.3 is 19.1 Å². The van der Waals surface area contributed by atoms with Gasteiger partial charge in [-0.3, -0.25) is 20.4 Å². The fourth-order valence-electron chi connectivity index (χ4n) is 3.20. The molecule has 0 aliphatic carbocycles. The van der Waals surface area contributed by atoms with Crippen molar-refractivity contribution in [3.8, 4) is 22.1 Å². The van der Waals surface area contributed by atoms with Crippen molar-refractivity contribution in [1.29, 1.82) is 0 Å². The van der Waals surface area contributed by atoms with Crippen LogP contribution in [-0.2, 0) is 4.74 Å². The van der Waals surface area contributed by atoms with Crippen LogP contribution in [0.4, 0.5) is 5.13 Å². The summed E-state index contributed by atoms with van der Waals surface area (Å²) in [6, 6.07) is 5.40. The summed E-state index contributed by atoms with van der Waals surface area (Å²) in [7, 11) is 3.12. The van der Waals surface area contributed by atoms with Crippen LogP contribution in [0.1, 0.15) is 25.9 Å². The van der Waals surface area contributed by atoms with Crippen molar-refractivity contribution in [3.05, 3.63) is 39.8 Å². The van der Waals surface area contributed by atoms with E-state index in [-0.39, 0.29) is 5.69 Å². The normalized spacial score (nSPS) is 13.5. The quantitative estimate of drug-likeness (QED) is 0.508. The number of ether oxygens (including phenoxy) is 3. The van der Waals surface area contributed by atoms with Gasteiger partial charge in [0.2, 0.25) is 0 Å². The molecule has 174 valence electrons. The molecule has 1 fully saturated rings. The predicted octanol–water partition coefficient (Wildman–Crippen LogP) is 2.50. The summed E-state index contributed by atoms with van der Waals surface area (Å²) in [6.45, 7) is 4.51. The first-order chi connectivity index (χ1) is 16.0. The Kier molecular flexibility index (Phi) is 7.06. The summed E-state index contributed by atoms with van der Waals surface area (Å²) in [5.41, 5.74) is 6.47. The molecule has 2 N–H and O–H groups in total. The number of nitrogens with one attached hydrogen (secondary N) is 2. The molecule has 0 spiro atoms. The third-order valence-electron chi connectivity index (χ3n) is 4.93. The van der Waals surface area contributed by atoms with Gasteiger partial charge in [-0.2, -0.15) is 0 Å². The minimum atomic E-state index is -0.512. The first kappa shape index (κ1) is 23.0. The Morgan fingerprint density at radius 1 is 1.06 bits per heavy atom. The first-order valence-electron chi connectivity index (χ1n) is 10.1. The third-order valence-corrected chi connectivity index (χ3v) is 7.04. The standard InChI is InChI=1S/C21H23N5O5S2/c1-12-17(33-21(22-12)26-6-8-31-9-7-26)19(28)25-24-18(27)14-11-32-20(23-14)13-4-5-15(29-2)16(10-13)30-3/h4-5,10-11H,6-9H2,1-3H3,(H,24,27)(H,25,28). The second-order valence-corrected chi connectivity index (χ2v) is 8.86. The molecule has 1 aromatic carbocycles. The van der Waals surface area contributed by atoms with Crippen LogP contribution in [-0.4, -0.2) is 62.3 Å². The number of hydrogen-bond acceptors (Lipinski definition) is 10. The Labute approximate surface area is 198 Å². The number of carbonyl (C=O) groups excluding carboxylic acids is 2. The maximum absolute atomic E-state index is 12.6. The van der Waals surface area contributed by atoms with Crippen LogP contribution >= 0.6 is 22.7 Å². The summed E-state index contributed by atoms with van der Waals surface area (Å²) in [5.74, 6) is 0.239. The zero-order valence-electron chi connectivity index (χ0n) is 18.3. The van der Waals surface area contributed by atoms with Crippen LogP contribution in [0.2, 0.25) is 0 Å². The Morgan fingerprint density at radius 2 is 1.79 bits per heavy atom. The summed E-state index contributed by atoms with van der Waals surface area (Å²) >= 11 is 2.60. The number of carbonyl (C=O) groups is 2. The molecule has 0 atom stereocenters. The van der Waals surface area contributed by atoms with Gasteiger partial charge in [-0.15, -0.1) is 11.3 Å². The van der Waals surface area contributed by atoms with Gasteiger partial charge in [0.05, 0.1) is 33.1 Å². The number of aromatic nitrogens is 2. The lowest BCUT2D eigenvalue weighted by Gasteiger charge is -2.25. The lowest BCUT2D eigenvalue weighted by atomic mass is 10.2. The minimum absolute atomic E-state index is 0.195. The first-order valence-corrected chi connectivity index (χ1v) is 11.8. The molecule has 1 aliphatic rings. The highest BCUT2D eigenvalue weighted by Gasteiger charge is 2.21. The maximum Gasteiger partial charge on any atom is 0.289 e. The van der Waals surface area contributed by atoms with E-state index in [1.54, 1.807) is 38.7 Å². The summed E-state index contributed by atoms with van der Waals surface area (Å²) in [4.78, 5) is 36.5. The molecule has 3 heterocycles. The van der Waals surface area contributed by atoms with Crippen molar-refractivity contribution in [3.63, 3.8) is 0 Å². The van der Waals surface area contributed by atoms with Crippen molar-refractivity contribution >= 4 is 39.6 Å². The number of methoxy groups -OCH3 is 2. The largest absolute Gasteiger partial charge is 0.493 e. The van der Waals surface area contributed by atoms with Gasteiger partial charge in [-0.05, 0) is 25.1 Å². The Morgan fingerprint density at radius 3 is 2.52 bits per heavy atom. The maximum atomic E-state index is 12.6. The molecule has 33 heavy (non-hydrogen) atoms. The number of anilines is 1. The molecule has 0 radical (unpaired) electrons. The molecule has 3 aromatic rings. The van der Waals surface area contributed by atoms with E-state index in [4.69, 9.17) is 14.2 Å². The Hall–Kier alpha value is -3.22. The molecular formula is C21H23N5O5S2. The zero-order valence-corrected chi connectivity index (χ0v) is 20.0. The molecule has 1 saturated heterocycles. The highest BCUT2D eigenvalue weighted by Crippen LogP contribution is 2.33. The van der Waals surface area contributed by atoms with E-state index in [0.717, 1.165) is 23.8 Å². The van der Waals surface area contributed by atoms with Gasteiger partial charge >= 0.3 is 0 Å². The fraction of sp³-hybridized carbons (Fsp3) is 0.333. The van der Waals surface area contributed by atoms with Crippen molar-refractivity contribution < 1.29 is 23.8 Å². The SMILES string of the molecule is COc1ccc(-c2nc(C(=O)NNC(=O)c3sc(N4CCOCC4)nc3C)cs2)cc1OC. The van der Waals surface area contributed by atoms with E-state index in [2.05, 4.69) is 25.7 Å². The highest BCUT2D eigenvalue weighted by molar-refractivity contribution is 7.17. The highest BCUT2D eigenvalue weighted by atomic mass is 32.1. The third kappa shape index (κ3) is 5.07. The monoisotopic (exact) mass is 489 g/mol. The van der Waals surface area contributed by atoms with E-state index >= 15 is 0 Å². The minimum Gasteiger partial charge on any atom is -0.493 e. The molecular weight excluding hydrogens is 466 g/mol. The average Bonchev–Trinajstić information content (AvgIpc) is 3.50. The van der Waals surface area contributed by atoms with E-state index in [1.165, 1.54) is 22.7 Å². The van der Waals surface area contributed by atoms with Crippen LogP contribution < -0.4 is 25.2 Å². The van der Waals surface area contributed by atoms with Crippen LogP contribution in [0.15, 0.2) is 23.6 Å². The number of aryl methyl sites for hydroxylation is 1. The smallest absolute Gasteiger partial charge is 0.289 e. The number of morpholine rings is 1. The second-order valence-electron chi connectivity index (χ2n) is 7.03. The number of rotatable bonds is 6. The van der Waals surface area contributed by atoms with Crippen LogP contribution in [0, 0.1) is 6.92 Å². The van der Waals surface area contributed by atoms with E-state index in [0.29, 0.717) is 40.3 Å². The molecule has 0 saturated carbocycles. The van der Waals surface area contributed by atoms with Crippen molar-refractivity contribution in [1.82, 2.24) is 20.8 Å². The molecule has 10 nitrogen and oxygen atoms in total. The predicted molar refractivity (Wildman–Crippen MR) is 125 cm³/mol. The molecule has 0 bridgehead atoms. The van der Waals surface area contributed by atoms with E-state index in [1.807, 2.05) is 6.07 Å². The van der Waals surface area contributed by atoms with Gasteiger partial charge in [0.25, 0.3) is 11.8 Å². The van der Waals surface area contributed by atoms with Crippen LogP contribution in [0.25, 0.3) is 10.6 Å². The Balaban J connectivity index is 1.39. The summed E-state index contributed by atoms with van der Waals surface area (Å²) < 4.78 is 15.9. The molecule has 4 rings (SSSR count). The zero-order chi connectivity index (χ0) is 23.4. The van der Waals surface area contributed by atoms with E-state index < -0.39 is 11.8 Å². The van der Waals surface area contributed by atoms with Gasteiger partial charge in [-0.1, -0.05) is 11.3 Å². The van der Waals surface area contributed by atoms with Crippen LogP contribution in [0.5, 0.6) is 11.5 Å². The number of thiazole rings is 2. The van der Waals surface area contributed by atoms with Crippen molar-refractivity contribution in [2.75, 3.05) is 45.4 Å². The molecule has 2 amide bonds. The summed E-state index contributed by atoms with van der Waals surface area (Å²) in [5, 5.41) is 3.04. The van der Waals surface area contributed by atoms with Crippen LogP contribution in [0.3, 0.4) is 0 Å². The number of amides is 2. The van der Waals surface area contributed by atoms with Crippen molar-refractivity contribution in [2.24, 2.45) is 0 Å². The van der Waals surface area contributed by atoms with Gasteiger partial charge in [0.1, 0.15) is 15.6 Å². The fourth-order valence-corrected chi connectivity index (χ4v) is 5.01. The average molecular weight is 490 g/mol. The number of nitrogens with zero attached hydrogens (tertiary/aromatic N) is 3. The number of hydrazine groups is 1. The topological polar surface area (TPSA) is 115 Å². The Bertz CT molecular complexity index is 1160. The number of hydrogen-bond donors (Lipinski definition) is 2. The second kappa shape index (κ2) is 10.1. The lowest BCUT2D eigenvalue weighted by molar-refractivity contribution is 0.0846. The molecule has 2 aromatic heterocycles. The van der Waals surface area contributed by atoms with Gasteiger partial charge in [0.15, 0.2) is 16.6 Å².